The van der Waals surface area contributed by atoms with Gasteiger partial charge >= 0.3 is 6.18 Å². The van der Waals surface area contributed by atoms with Crippen LogP contribution in [0.25, 0.3) is 17.1 Å². The van der Waals surface area contributed by atoms with Crippen LogP contribution in [0.2, 0.25) is 0 Å². The van der Waals surface area contributed by atoms with Gasteiger partial charge in [-0.3, -0.25) is 4.79 Å². The van der Waals surface area contributed by atoms with Crippen molar-refractivity contribution >= 4 is 21.4 Å². The normalized spacial score (nSPS) is 17.5. The number of aromatic nitrogens is 5. The first-order chi connectivity index (χ1) is 20.3. The summed E-state index contributed by atoms with van der Waals surface area (Å²) in [7, 11) is -3.77. The first-order valence-electron chi connectivity index (χ1n) is 12.7. The lowest BCUT2D eigenvalue weighted by Crippen LogP contribution is -2.43. The Morgan fingerprint density at radius 3 is 2.36 bits per heavy atom. The first kappa shape index (κ1) is 31.1. The third-order valence-corrected chi connectivity index (χ3v) is 9.24. The maximum Gasteiger partial charge on any atom is 0.453 e. The number of fused-ring (bicyclic) bond motifs is 1. The van der Waals surface area contributed by atoms with Crippen LogP contribution in [-0.2, 0) is 38.0 Å². The number of halogens is 6. The molecule has 44 heavy (non-hydrogen) atoms. The number of alkyl halides is 5. The van der Waals surface area contributed by atoms with E-state index in [0.717, 1.165) is 28.2 Å². The van der Waals surface area contributed by atoms with E-state index in [1.807, 2.05) is 0 Å². The standard InChI is InChI=1S/C26H23F6N7O4S/c1-24(2,44(3,41)42)23-36-35-20(43-23)15-8-19-16(9-17(15)27)25(28,29)10-18(33)21(40)38(19)11-13-4-6-14(7-5-13)39-12-34-22(37-39)26(30,31)32/h4-9,12,18H,10-11,33H2,1-3H3/t18-/m1/s1. The molecule has 1 aliphatic rings. The first-order valence-corrected chi connectivity index (χ1v) is 14.6. The van der Waals surface area contributed by atoms with Crippen LogP contribution in [0.1, 0.15) is 43.1 Å². The third kappa shape index (κ3) is 5.54. The van der Waals surface area contributed by atoms with Gasteiger partial charge in [-0.1, -0.05) is 12.1 Å². The van der Waals surface area contributed by atoms with E-state index in [4.69, 9.17) is 10.2 Å². The minimum atomic E-state index is -4.75. The molecule has 234 valence electrons. The second kappa shape index (κ2) is 10.4. The fraction of sp³-hybridized carbons (Fsp3) is 0.346. The molecule has 4 aromatic rings. The van der Waals surface area contributed by atoms with Gasteiger partial charge in [0.2, 0.25) is 11.8 Å². The molecule has 2 aromatic carbocycles. The molecule has 1 aliphatic heterocycles. The summed E-state index contributed by atoms with van der Waals surface area (Å²) >= 11 is 0. The van der Waals surface area contributed by atoms with Crippen LogP contribution in [-0.4, -0.2) is 51.6 Å². The molecular formula is C26H23F6N7O4S. The summed E-state index contributed by atoms with van der Waals surface area (Å²) < 4.78 is 114. The van der Waals surface area contributed by atoms with Crippen molar-refractivity contribution in [1.29, 1.82) is 0 Å². The molecule has 0 unspecified atom stereocenters. The fourth-order valence-electron chi connectivity index (χ4n) is 4.39. The Balaban J connectivity index is 1.55. The molecule has 1 amide bonds. The number of nitrogens with two attached hydrogens (primary N) is 1. The Bertz CT molecular complexity index is 1850. The van der Waals surface area contributed by atoms with Crippen LogP contribution in [0.15, 0.2) is 47.1 Å². The molecule has 3 heterocycles. The molecule has 0 saturated carbocycles. The monoisotopic (exact) mass is 643 g/mol. The largest absolute Gasteiger partial charge is 0.453 e. The number of rotatable bonds is 6. The van der Waals surface area contributed by atoms with Crippen molar-refractivity contribution in [2.75, 3.05) is 11.2 Å². The molecule has 2 N–H and O–H groups in total. The van der Waals surface area contributed by atoms with Gasteiger partial charge in [0.15, 0.2) is 9.84 Å². The van der Waals surface area contributed by atoms with E-state index >= 15 is 13.2 Å². The summed E-state index contributed by atoms with van der Waals surface area (Å²) in [5.41, 5.74) is 4.63. The Morgan fingerprint density at radius 1 is 1.11 bits per heavy atom. The highest BCUT2D eigenvalue weighted by atomic mass is 32.2. The van der Waals surface area contributed by atoms with Crippen molar-refractivity contribution in [3.63, 3.8) is 0 Å². The summed E-state index contributed by atoms with van der Waals surface area (Å²) in [6, 6.07) is 5.37. The Labute approximate surface area is 245 Å². The van der Waals surface area contributed by atoms with Crippen LogP contribution in [0.3, 0.4) is 0 Å². The highest BCUT2D eigenvalue weighted by molar-refractivity contribution is 7.91. The fourth-order valence-corrected chi connectivity index (χ4v) is 4.79. The topological polar surface area (TPSA) is 150 Å². The molecule has 2 aromatic heterocycles. The van der Waals surface area contributed by atoms with E-state index in [1.165, 1.54) is 38.1 Å². The van der Waals surface area contributed by atoms with Crippen LogP contribution in [0.5, 0.6) is 0 Å². The predicted molar refractivity (Wildman–Crippen MR) is 142 cm³/mol. The number of hydrogen-bond donors (Lipinski definition) is 1. The summed E-state index contributed by atoms with van der Waals surface area (Å²) in [4.78, 5) is 17.4. The Kier molecular flexibility index (Phi) is 7.35. The molecule has 0 saturated heterocycles. The lowest BCUT2D eigenvalue weighted by molar-refractivity contribution is -0.144. The Morgan fingerprint density at radius 2 is 1.77 bits per heavy atom. The molecule has 0 radical (unpaired) electrons. The average molecular weight is 644 g/mol. The number of amides is 1. The molecule has 0 spiro atoms. The van der Waals surface area contributed by atoms with Gasteiger partial charge in [-0.15, -0.1) is 15.3 Å². The number of sulfone groups is 1. The van der Waals surface area contributed by atoms with Crippen molar-refractivity contribution in [1.82, 2.24) is 25.0 Å². The maximum atomic E-state index is 15.3. The van der Waals surface area contributed by atoms with E-state index in [1.54, 1.807) is 0 Å². The zero-order valence-corrected chi connectivity index (χ0v) is 23.9. The average Bonchev–Trinajstić information content (AvgIpc) is 3.61. The van der Waals surface area contributed by atoms with Crippen LogP contribution in [0, 0.1) is 5.82 Å². The van der Waals surface area contributed by atoms with E-state index in [2.05, 4.69) is 20.3 Å². The molecular weight excluding hydrogens is 620 g/mol. The lowest BCUT2D eigenvalue weighted by Gasteiger charge is -2.25. The van der Waals surface area contributed by atoms with Gasteiger partial charge in [0.05, 0.1) is 29.5 Å². The molecule has 0 aliphatic carbocycles. The zero-order chi connectivity index (χ0) is 32.4. The van der Waals surface area contributed by atoms with E-state index in [9.17, 15) is 26.4 Å². The SMILES string of the molecule is CC(C)(c1nnc(-c2cc3c(cc2F)C(F)(F)C[C@@H](N)C(=O)N3Cc2ccc(-n3cnc(C(F)(F)F)n3)cc2)o1)S(C)(=O)=O. The molecule has 0 fully saturated rings. The minimum Gasteiger partial charge on any atom is -0.419 e. The molecule has 0 bridgehead atoms. The number of carbonyl (C=O) groups excluding carboxylic acids is 1. The third-order valence-electron chi connectivity index (χ3n) is 7.21. The number of anilines is 1. The van der Waals surface area contributed by atoms with Gasteiger partial charge in [-0.25, -0.2) is 31.3 Å². The maximum absolute atomic E-state index is 15.3. The summed E-state index contributed by atoms with van der Waals surface area (Å²) in [6.45, 7) is 2.24. The van der Waals surface area contributed by atoms with Crippen LogP contribution < -0.4 is 10.6 Å². The smallest absolute Gasteiger partial charge is 0.419 e. The molecule has 18 heteroatoms. The summed E-state index contributed by atoms with van der Waals surface area (Å²) in [5, 5.41) is 10.8. The highest BCUT2D eigenvalue weighted by Gasteiger charge is 2.45. The second-order valence-electron chi connectivity index (χ2n) is 10.7. The second-order valence-corrected chi connectivity index (χ2v) is 13.2. The molecule has 1 atom stereocenters. The molecule has 11 nitrogen and oxygen atoms in total. The van der Waals surface area contributed by atoms with Crippen molar-refractivity contribution in [3.8, 4) is 17.1 Å². The molecule has 5 rings (SSSR count). The van der Waals surface area contributed by atoms with Crippen LogP contribution >= 0.6 is 0 Å². The van der Waals surface area contributed by atoms with E-state index < -0.39 is 79.4 Å². The zero-order valence-electron chi connectivity index (χ0n) is 23.1. The number of hydrogen-bond acceptors (Lipinski definition) is 9. The summed E-state index contributed by atoms with van der Waals surface area (Å²) in [6.07, 6.45) is -4.07. The van der Waals surface area contributed by atoms with Crippen molar-refractivity contribution in [2.45, 2.75) is 49.7 Å². The van der Waals surface area contributed by atoms with E-state index in [0.29, 0.717) is 11.6 Å². The Hall–Kier alpha value is -4.32. The van der Waals surface area contributed by atoms with Crippen molar-refractivity contribution in [2.24, 2.45) is 5.73 Å². The summed E-state index contributed by atoms with van der Waals surface area (Å²) in [5.74, 6) is -8.09. The number of nitrogens with zero attached hydrogens (tertiary/aromatic N) is 6. The van der Waals surface area contributed by atoms with Gasteiger partial charge < -0.3 is 15.1 Å². The lowest BCUT2D eigenvalue weighted by atomic mass is 9.99. The van der Waals surface area contributed by atoms with E-state index in [-0.39, 0.29) is 18.1 Å². The van der Waals surface area contributed by atoms with Gasteiger partial charge in [-0.2, -0.15) is 13.2 Å². The number of benzene rings is 2. The van der Waals surface area contributed by atoms with Crippen molar-refractivity contribution < 1.29 is 44.0 Å². The van der Waals surface area contributed by atoms with Gasteiger partial charge in [0.25, 0.3) is 17.6 Å². The van der Waals surface area contributed by atoms with Gasteiger partial charge in [-0.05, 0) is 43.7 Å². The van der Waals surface area contributed by atoms with Crippen molar-refractivity contribution in [3.05, 3.63) is 71.4 Å². The minimum absolute atomic E-state index is 0.191. The highest BCUT2D eigenvalue weighted by Crippen LogP contribution is 2.45. The quantitative estimate of drug-likeness (QED) is 0.306. The number of carbonyl (C=O) groups is 1. The predicted octanol–water partition coefficient (Wildman–Crippen LogP) is 4.11. The van der Waals surface area contributed by atoms with Crippen LogP contribution in [0.4, 0.5) is 32.0 Å². The van der Waals surface area contributed by atoms with Gasteiger partial charge in [0, 0.05) is 18.2 Å². The van der Waals surface area contributed by atoms with Gasteiger partial charge in [0.1, 0.15) is 16.9 Å².